The Bertz CT molecular complexity index is 1250. The van der Waals surface area contributed by atoms with Crippen LogP contribution in [0.3, 0.4) is 0 Å². The van der Waals surface area contributed by atoms with Crippen molar-refractivity contribution in [2.75, 3.05) is 26.8 Å². The number of fused-ring (bicyclic) bond motifs is 1. The van der Waals surface area contributed by atoms with Gasteiger partial charge in [-0.1, -0.05) is 98.9 Å². The highest BCUT2D eigenvalue weighted by atomic mass is 19.1. The van der Waals surface area contributed by atoms with E-state index in [0.29, 0.717) is 0 Å². The van der Waals surface area contributed by atoms with Gasteiger partial charge in [-0.3, -0.25) is 4.39 Å². The molecule has 0 bridgehead atoms. The molecule has 4 heteroatoms. The summed E-state index contributed by atoms with van der Waals surface area (Å²) in [6, 6.07) is 24.2. The summed E-state index contributed by atoms with van der Waals surface area (Å²) in [6.45, 7) is 3.98. The van der Waals surface area contributed by atoms with Gasteiger partial charge in [-0.15, -0.1) is 0 Å². The number of likely N-dealkylation sites (N-methyl/N-ethyl adjacent to an activating group) is 1. The number of hydrogen-bond acceptors (Lipinski definition) is 3. The third kappa shape index (κ3) is 8.06. The molecule has 4 rings (SSSR count). The van der Waals surface area contributed by atoms with E-state index >= 15 is 0 Å². The second-order valence-electron chi connectivity index (χ2n) is 10.6. The number of phenols is 1. The number of para-hydroxylation sites is 1. The third-order valence-corrected chi connectivity index (χ3v) is 7.50. The first-order valence-corrected chi connectivity index (χ1v) is 14.3. The number of phenolic OH excluding ortho intramolecular Hbond substituents is 1. The monoisotopic (exact) mass is 527 g/mol. The first kappa shape index (κ1) is 28.6. The number of ether oxygens (including phenoxy) is 1. The Balaban J connectivity index is 1.36. The number of hydrogen-bond donors (Lipinski definition) is 1. The number of alkyl halides is 1. The number of allylic oxidation sites excluding steroid dienone is 1. The van der Waals surface area contributed by atoms with Gasteiger partial charge in [0.05, 0.1) is 6.67 Å². The van der Waals surface area contributed by atoms with Crippen LogP contribution >= 0.6 is 0 Å². The van der Waals surface area contributed by atoms with Crippen LogP contribution in [0.1, 0.15) is 80.2 Å². The highest BCUT2D eigenvalue weighted by Gasteiger charge is 2.29. The van der Waals surface area contributed by atoms with Crippen molar-refractivity contribution in [2.24, 2.45) is 0 Å². The molecule has 1 aliphatic rings. The molecule has 0 amide bonds. The first-order chi connectivity index (χ1) is 19.1. The topological polar surface area (TPSA) is 32.7 Å². The maximum atomic E-state index is 12.1. The van der Waals surface area contributed by atoms with Crippen LogP contribution in [0.25, 0.3) is 17.2 Å². The lowest BCUT2D eigenvalue weighted by Crippen LogP contribution is -2.19. The van der Waals surface area contributed by atoms with Crippen LogP contribution in [0.15, 0.2) is 78.9 Å². The van der Waals surface area contributed by atoms with Gasteiger partial charge in [0.1, 0.15) is 17.6 Å². The molecule has 1 heterocycles. The molecular formula is C35H42FNO2. The lowest BCUT2D eigenvalue weighted by molar-refractivity contribution is 0.260. The van der Waals surface area contributed by atoms with Crippen LogP contribution < -0.4 is 4.74 Å². The van der Waals surface area contributed by atoms with E-state index in [1.807, 2.05) is 36.4 Å². The Morgan fingerprint density at radius 1 is 0.872 bits per heavy atom. The van der Waals surface area contributed by atoms with Crippen molar-refractivity contribution in [1.29, 1.82) is 0 Å². The van der Waals surface area contributed by atoms with Crippen LogP contribution in [0.5, 0.6) is 11.5 Å². The number of nitrogens with zero attached hydrogens (tertiary/aromatic N) is 1. The summed E-state index contributed by atoms with van der Waals surface area (Å²) in [4.78, 5) is 2.36. The average Bonchev–Trinajstić information content (AvgIpc) is 2.95. The fourth-order valence-electron chi connectivity index (χ4n) is 5.28. The van der Waals surface area contributed by atoms with Gasteiger partial charge in [-0.2, -0.15) is 0 Å². The maximum Gasteiger partial charge on any atom is 0.150 e. The number of aromatic hydroxyl groups is 1. The second kappa shape index (κ2) is 14.7. The average molecular weight is 528 g/mol. The third-order valence-electron chi connectivity index (χ3n) is 7.50. The predicted molar refractivity (Wildman–Crippen MR) is 162 cm³/mol. The van der Waals surface area contributed by atoms with Crippen LogP contribution in [-0.4, -0.2) is 36.8 Å². The van der Waals surface area contributed by atoms with Crippen LogP contribution in [0.2, 0.25) is 0 Å². The van der Waals surface area contributed by atoms with Gasteiger partial charge in [-0.25, -0.2) is 0 Å². The van der Waals surface area contributed by atoms with Gasteiger partial charge < -0.3 is 14.7 Å². The largest absolute Gasteiger partial charge is 0.508 e. The van der Waals surface area contributed by atoms with Crippen LogP contribution in [0, 0.1) is 0 Å². The Morgan fingerprint density at radius 2 is 1.59 bits per heavy atom. The number of benzene rings is 3. The van der Waals surface area contributed by atoms with Gasteiger partial charge >= 0.3 is 0 Å². The van der Waals surface area contributed by atoms with Crippen molar-refractivity contribution in [3.63, 3.8) is 0 Å². The van der Waals surface area contributed by atoms with Crippen molar-refractivity contribution in [3.8, 4) is 11.5 Å². The number of unbranched alkanes of at least 4 members (excludes halogenated alkanes) is 6. The standard InChI is InChI=1S/C35H42FNO2/c1-27-32-17-8-9-18-33(32)39-35(34(27)30-15-12-16-31(38)26-30)29-21-19-28(20-22-29)14-13-25-37(2)24-11-7-5-3-4-6-10-23-36/h8-9,12-22,26,35,38H,3-7,10-11,23-25H2,1-2H3/b14-13-. The molecule has 1 unspecified atom stereocenters. The smallest absolute Gasteiger partial charge is 0.150 e. The summed E-state index contributed by atoms with van der Waals surface area (Å²) in [7, 11) is 2.17. The summed E-state index contributed by atoms with van der Waals surface area (Å²) < 4.78 is 18.7. The van der Waals surface area contributed by atoms with Crippen molar-refractivity contribution >= 4 is 17.2 Å². The molecule has 0 fully saturated rings. The maximum absolute atomic E-state index is 12.1. The summed E-state index contributed by atoms with van der Waals surface area (Å²) in [5.74, 6) is 1.13. The Morgan fingerprint density at radius 3 is 2.33 bits per heavy atom. The Labute approximate surface area is 233 Å². The lowest BCUT2D eigenvalue weighted by atomic mass is 9.86. The van der Waals surface area contributed by atoms with E-state index < -0.39 is 0 Å². The van der Waals surface area contributed by atoms with Gasteiger partial charge in [0.15, 0.2) is 0 Å². The van der Waals surface area contributed by atoms with E-state index in [1.165, 1.54) is 25.7 Å². The minimum atomic E-state index is -0.255. The highest BCUT2D eigenvalue weighted by molar-refractivity contribution is 5.95. The van der Waals surface area contributed by atoms with E-state index in [9.17, 15) is 9.50 Å². The first-order valence-electron chi connectivity index (χ1n) is 14.3. The molecule has 0 spiro atoms. The SMILES string of the molecule is CC1=C(c2cccc(O)c2)C(c2ccc(/C=C\CN(C)CCCCCCCCCF)cc2)Oc2ccccc21. The quantitative estimate of drug-likeness (QED) is 0.212. The fraction of sp³-hybridized carbons (Fsp3) is 0.371. The van der Waals surface area contributed by atoms with Gasteiger partial charge in [0.2, 0.25) is 0 Å². The summed E-state index contributed by atoms with van der Waals surface area (Å²) in [5.41, 5.74) is 6.54. The minimum Gasteiger partial charge on any atom is -0.508 e. The van der Waals surface area contributed by atoms with Crippen LogP contribution in [-0.2, 0) is 0 Å². The van der Waals surface area contributed by atoms with E-state index in [0.717, 1.165) is 71.5 Å². The number of rotatable bonds is 14. The number of halogens is 1. The van der Waals surface area contributed by atoms with E-state index in [1.54, 1.807) is 6.07 Å². The highest BCUT2D eigenvalue weighted by Crippen LogP contribution is 2.46. The van der Waals surface area contributed by atoms with Gasteiger partial charge in [0.25, 0.3) is 0 Å². The second-order valence-corrected chi connectivity index (χ2v) is 10.6. The molecule has 3 aromatic carbocycles. The molecule has 0 radical (unpaired) electrons. The summed E-state index contributed by atoms with van der Waals surface area (Å²) in [5, 5.41) is 10.2. The molecular weight excluding hydrogens is 485 g/mol. The molecule has 0 aromatic heterocycles. The van der Waals surface area contributed by atoms with Gasteiger partial charge in [-0.05, 0) is 73.8 Å². The molecule has 1 aliphatic heterocycles. The molecule has 1 atom stereocenters. The van der Waals surface area contributed by atoms with Crippen molar-refractivity contribution in [3.05, 3.63) is 101 Å². The molecule has 206 valence electrons. The summed E-state index contributed by atoms with van der Waals surface area (Å²) >= 11 is 0. The van der Waals surface area contributed by atoms with Crippen molar-refractivity contribution in [1.82, 2.24) is 4.90 Å². The van der Waals surface area contributed by atoms with Crippen LogP contribution in [0.4, 0.5) is 4.39 Å². The molecule has 3 nitrogen and oxygen atoms in total. The summed E-state index contributed by atoms with van der Waals surface area (Å²) in [6.07, 6.45) is 12.0. The molecule has 0 saturated heterocycles. The lowest BCUT2D eigenvalue weighted by Gasteiger charge is -2.31. The molecule has 1 N–H and O–H groups in total. The van der Waals surface area contributed by atoms with Crippen molar-refractivity contribution in [2.45, 2.75) is 58.0 Å². The van der Waals surface area contributed by atoms with E-state index in [-0.39, 0.29) is 18.5 Å². The molecule has 0 saturated carbocycles. The molecule has 39 heavy (non-hydrogen) atoms. The zero-order valence-electron chi connectivity index (χ0n) is 23.4. The Kier molecular flexibility index (Phi) is 10.8. The van der Waals surface area contributed by atoms with Crippen molar-refractivity contribution < 1.29 is 14.2 Å². The van der Waals surface area contributed by atoms with E-state index in [2.05, 4.69) is 61.4 Å². The zero-order valence-corrected chi connectivity index (χ0v) is 23.4. The predicted octanol–water partition coefficient (Wildman–Crippen LogP) is 9.10. The fourth-order valence-corrected chi connectivity index (χ4v) is 5.28. The van der Waals surface area contributed by atoms with Gasteiger partial charge in [0, 0.05) is 17.7 Å². The minimum absolute atomic E-state index is 0.176. The normalized spacial score (nSPS) is 15.1. The Hall–Kier alpha value is -3.37. The zero-order chi connectivity index (χ0) is 27.5. The molecule has 3 aromatic rings. The molecule has 0 aliphatic carbocycles. The van der Waals surface area contributed by atoms with E-state index in [4.69, 9.17) is 4.74 Å².